The lowest BCUT2D eigenvalue weighted by molar-refractivity contribution is -0.186. The Balaban J connectivity index is 2.19. The number of rotatable bonds is 19. The summed E-state index contributed by atoms with van der Waals surface area (Å²) in [4.78, 5) is 31.2. The first kappa shape index (κ1) is 30.3. The first-order chi connectivity index (χ1) is 15.7. The molecule has 33 heavy (non-hydrogen) atoms. The minimum atomic E-state index is -0.383. The van der Waals surface area contributed by atoms with E-state index in [0.29, 0.717) is 64.0 Å². The van der Waals surface area contributed by atoms with Crippen molar-refractivity contribution in [3.05, 3.63) is 12.3 Å². The van der Waals surface area contributed by atoms with Crippen LogP contribution in [-0.2, 0) is 28.6 Å². The summed E-state index contributed by atoms with van der Waals surface area (Å²) >= 11 is 0. The van der Waals surface area contributed by atoms with Gasteiger partial charge in [-0.05, 0) is 40.5 Å². The van der Waals surface area contributed by atoms with Crippen LogP contribution in [0.4, 0.5) is 0 Å². The highest BCUT2D eigenvalue weighted by Gasteiger charge is 2.28. The lowest BCUT2D eigenvalue weighted by atomic mass is 10.1. The van der Waals surface area contributed by atoms with Crippen molar-refractivity contribution in [2.24, 2.45) is 0 Å². The lowest BCUT2D eigenvalue weighted by Gasteiger charge is -2.34. The maximum atomic E-state index is 12.0. The zero-order valence-electron chi connectivity index (χ0n) is 20.9. The molecule has 0 aromatic heterocycles. The molecular weight excluding hydrogens is 464 g/mol. The van der Waals surface area contributed by atoms with Crippen molar-refractivity contribution in [3.63, 3.8) is 0 Å². The van der Waals surface area contributed by atoms with Gasteiger partial charge < -0.3 is 19.0 Å². The Kier molecular flexibility index (Phi) is 15.4. The minimum Gasteiger partial charge on any atom is -0.382 e. The van der Waals surface area contributed by atoms with E-state index >= 15 is 0 Å². The van der Waals surface area contributed by atoms with Crippen LogP contribution < -0.4 is 0 Å². The molecule has 1 fully saturated rings. The van der Waals surface area contributed by atoms with Gasteiger partial charge in [0.15, 0.2) is 0 Å². The molecule has 0 spiro atoms. The summed E-state index contributed by atoms with van der Waals surface area (Å²) in [6.07, 6.45) is 1.90. The third-order valence-electron chi connectivity index (χ3n) is 4.87. The lowest BCUT2D eigenvalue weighted by Crippen LogP contribution is -2.42. The Morgan fingerprint density at radius 1 is 1.15 bits per heavy atom. The molecule has 1 rings (SSSR count). The second kappa shape index (κ2) is 16.8. The standard InChI is InChI=1S/C23H42N2O6S2/c1-19(2)24(11-12-29-15-16-30-14-13-28-6)18-23(4,5)33-32-17-7-8-22(27)31-25-20(3)9-10-21(25)26/h19H,3,7-18H2,1-2,4-6H3. The number of methoxy groups -OCH3 is 1. The second-order valence-electron chi connectivity index (χ2n) is 8.77. The molecule has 8 nitrogen and oxygen atoms in total. The molecule has 0 atom stereocenters. The molecule has 0 aliphatic carbocycles. The van der Waals surface area contributed by atoms with E-state index in [1.165, 1.54) is 0 Å². The van der Waals surface area contributed by atoms with Crippen LogP contribution in [0.3, 0.4) is 0 Å². The van der Waals surface area contributed by atoms with E-state index in [0.717, 1.165) is 23.9 Å². The third kappa shape index (κ3) is 13.6. The predicted molar refractivity (Wildman–Crippen MR) is 135 cm³/mol. The summed E-state index contributed by atoms with van der Waals surface area (Å²) in [5.74, 6) is 0.258. The molecule has 1 aliphatic rings. The Labute approximate surface area is 207 Å². The number of carbonyl (C=O) groups is 2. The van der Waals surface area contributed by atoms with Gasteiger partial charge in [0.1, 0.15) is 0 Å². The molecule has 0 radical (unpaired) electrons. The normalized spacial score (nSPS) is 14.7. The SMILES string of the molecule is C=C1CCC(=O)N1OC(=O)CCCSSC(C)(C)CN(CCOCCOCCOC)C(C)C. The van der Waals surface area contributed by atoms with E-state index in [2.05, 4.69) is 39.2 Å². The molecule has 10 heteroatoms. The predicted octanol–water partition coefficient (Wildman–Crippen LogP) is 3.91. The van der Waals surface area contributed by atoms with Crippen molar-refractivity contribution in [2.45, 2.75) is 64.2 Å². The Morgan fingerprint density at radius 2 is 1.82 bits per heavy atom. The Bertz CT molecular complexity index is 588. The van der Waals surface area contributed by atoms with Crippen molar-refractivity contribution in [1.82, 2.24) is 9.96 Å². The number of hydrogen-bond donors (Lipinski definition) is 0. The van der Waals surface area contributed by atoms with Gasteiger partial charge in [-0.1, -0.05) is 28.2 Å². The maximum Gasteiger partial charge on any atom is 0.333 e. The van der Waals surface area contributed by atoms with Crippen LogP contribution in [0.2, 0.25) is 0 Å². The highest BCUT2D eigenvalue weighted by Crippen LogP contribution is 2.37. The number of carbonyl (C=O) groups excluding carboxylic acids is 2. The number of hydroxylamine groups is 2. The van der Waals surface area contributed by atoms with Crippen molar-refractivity contribution in [2.75, 3.05) is 59.0 Å². The number of ether oxygens (including phenoxy) is 3. The van der Waals surface area contributed by atoms with Gasteiger partial charge in [0, 0.05) is 49.6 Å². The van der Waals surface area contributed by atoms with Gasteiger partial charge in [0.2, 0.25) is 0 Å². The molecule has 0 aromatic rings. The molecule has 0 aromatic carbocycles. The van der Waals surface area contributed by atoms with Crippen LogP contribution in [0.5, 0.6) is 0 Å². The van der Waals surface area contributed by atoms with Gasteiger partial charge in [0.05, 0.1) is 38.7 Å². The van der Waals surface area contributed by atoms with Crippen LogP contribution in [-0.4, -0.2) is 91.6 Å². The van der Waals surface area contributed by atoms with Crippen molar-refractivity contribution < 1.29 is 28.6 Å². The zero-order valence-corrected chi connectivity index (χ0v) is 22.6. The summed E-state index contributed by atoms with van der Waals surface area (Å²) in [5, 5.41) is 1.05. The highest BCUT2D eigenvalue weighted by atomic mass is 33.1. The van der Waals surface area contributed by atoms with E-state index in [1.807, 2.05) is 10.8 Å². The Hall–Kier alpha value is -0.780. The first-order valence-corrected chi connectivity index (χ1v) is 13.9. The molecular formula is C23H42N2O6S2. The fourth-order valence-corrected chi connectivity index (χ4v) is 5.65. The fraction of sp³-hybridized carbons (Fsp3) is 0.826. The van der Waals surface area contributed by atoms with Crippen molar-refractivity contribution >= 4 is 33.5 Å². The van der Waals surface area contributed by atoms with Crippen LogP contribution in [0, 0.1) is 0 Å². The fourth-order valence-electron chi connectivity index (χ4n) is 3.05. The van der Waals surface area contributed by atoms with E-state index in [-0.39, 0.29) is 23.0 Å². The van der Waals surface area contributed by atoms with Crippen LogP contribution in [0.1, 0.15) is 53.4 Å². The summed E-state index contributed by atoms with van der Waals surface area (Å²) in [6, 6.07) is 0.425. The van der Waals surface area contributed by atoms with Gasteiger partial charge in [-0.3, -0.25) is 9.69 Å². The molecule has 0 saturated carbocycles. The molecule has 192 valence electrons. The largest absolute Gasteiger partial charge is 0.382 e. The second-order valence-corrected chi connectivity index (χ2v) is 11.9. The maximum absolute atomic E-state index is 12.0. The van der Waals surface area contributed by atoms with Gasteiger partial charge >= 0.3 is 5.97 Å². The van der Waals surface area contributed by atoms with Crippen molar-refractivity contribution in [1.29, 1.82) is 0 Å². The van der Waals surface area contributed by atoms with Gasteiger partial charge in [0.25, 0.3) is 5.91 Å². The highest BCUT2D eigenvalue weighted by molar-refractivity contribution is 8.77. The van der Waals surface area contributed by atoms with Gasteiger partial charge in [-0.25, -0.2) is 4.79 Å². The van der Waals surface area contributed by atoms with Gasteiger partial charge in [-0.2, -0.15) is 0 Å². The first-order valence-electron chi connectivity index (χ1n) is 11.6. The number of amides is 1. The van der Waals surface area contributed by atoms with Crippen LogP contribution >= 0.6 is 21.6 Å². The molecule has 1 aliphatic heterocycles. The molecule has 1 heterocycles. The van der Waals surface area contributed by atoms with E-state index in [9.17, 15) is 9.59 Å². The van der Waals surface area contributed by atoms with Crippen LogP contribution in [0.25, 0.3) is 0 Å². The number of allylic oxidation sites excluding steroid dienone is 1. The van der Waals surface area contributed by atoms with Crippen molar-refractivity contribution in [3.8, 4) is 0 Å². The number of nitrogens with zero attached hydrogens (tertiary/aromatic N) is 2. The molecule has 0 N–H and O–H groups in total. The average molecular weight is 507 g/mol. The quantitative estimate of drug-likeness (QED) is 0.191. The smallest absolute Gasteiger partial charge is 0.333 e. The monoisotopic (exact) mass is 506 g/mol. The number of hydrogen-bond acceptors (Lipinski definition) is 9. The topological polar surface area (TPSA) is 77.5 Å². The molecule has 0 unspecified atom stereocenters. The summed E-state index contributed by atoms with van der Waals surface area (Å²) in [6.45, 7) is 17.5. The van der Waals surface area contributed by atoms with Crippen LogP contribution in [0.15, 0.2) is 12.3 Å². The summed E-state index contributed by atoms with van der Waals surface area (Å²) in [5.41, 5.74) is 0.551. The summed E-state index contributed by atoms with van der Waals surface area (Å²) in [7, 11) is 5.26. The third-order valence-corrected chi connectivity index (χ3v) is 8.23. The minimum absolute atomic E-state index is 0.0540. The zero-order chi connectivity index (χ0) is 24.7. The molecule has 1 saturated heterocycles. The molecule has 1 amide bonds. The average Bonchev–Trinajstić information content (AvgIpc) is 3.06. The van der Waals surface area contributed by atoms with E-state index in [4.69, 9.17) is 19.0 Å². The summed E-state index contributed by atoms with van der Waals surface area (Å²) < 4.78 is 16.1. The molecule has 0 bridgehead atoms. The van der Waals surface area contributed by atoms with E-state index < -0.39 is 0 Å². The van der Waals surface area contributed by atoms with Gasteiger partial charge in [-0.15, -0.1) is 5.06 Å². The Morgan fingerprint density at radius 3 is 2.42 bits per heavy atom. The van der Waals surface area contributed by atoms with E-state index in [1.54, 1.807) is 17.9 Å².